The Morgan fingerprint density at radius 3 is 2.50 bits per heavy atom. The van der Waals surface area contributed by atoms with Crippen LogP contribution in [-0.4, -0.2) is 42.0 Å². The maximum atomic E-state index is 12.4. The van der Waals surface area contributed by atoms with E-state index in [0.29, 0.717) is 22.9 Å². The van der Waals surface area contributed by atoms with Crippen molar-refractivity contribution in [1.29, 1.82) is 0 Å². The van der Waals surface area contributed by atoms with E-state index in [9.17, 15) is 4.79 Å². The Morgan fingerprint density at radius 2 is 1.83 bits per heavy atom. The van der Waals surface area contributed by atoms with Crippen LogP contribution in [-0.2, 0) is 11.2 Å². The SMILES string of the molecule is O=C(CCc1ccccn1)N1CCN(c2ccc(Cl)c(Cl)c2)CC1. The van der Waals surface area contributed by atoms with Crippen molar-refractivity contribution in [3.63, 3.8) is 0 Å². The molecule has 1 fully saturated rings. The summed E-state index contributed by atoms with van der Waals surface area (Å²) in [5.41, 5.74) is 2.00. The van der Waals surface area contributed by atoms with E-state index < -0.39 is 0 Å². The number of piperazine rings is 1. The minimum Gasteiger partial charge on any atom is -0.368 e. The summed E-state index contributed by atoms with van der Waals surface area (Å²) >= 11 is 12.0. The molecule has 1 aliphatic heterocycles. The summed E-state index contributed by atoms with van der Waals surface area (Å²) < 4.78 is 0. The number of pyridine rings is 1. The fraction of sp³-hybridized carbons (Fsp3) is 0.333. The van der Waals surface area contributed by atoms with Crippen LogP contribution in [0, 0.1) is 0 Å². The van der Waals surface area contributed by atoms with Gasteiger partial charge in [-0.25, -0.2) is 0 Å². The van der Waals surface area contributed by atoms with E-state index in [1.807, 2.05) is 41.3 Å². The first-order valence-electron chi connectivity index (χ1n) is 8.01. The average Bonchev–Trinajstić information content (AvgIpc) is 2.63. The number of carbonyl (C=O) groups is 1. The van der Waals surface area contributed by atoms with Gasteiger partial charge in [0.2, 0.25) is 5.91 Å². The number of hydrogen-bond acceptors (Lipinski definition) is 3. The largest absolute Gasteiger partial charge is 0.368 e. The number of aromatic nitrogens is 1. The molecule has 2 heterocycles. The molecule has 24 heavy (non-hydrogen) atoms. The maximum absolute atomic E-state index is 12.4. The topological polar surface area (TPSA) is 36.4 Å². The Hall–Kier alpha value is -1.78. The summed E-state index contributed by atoms with van der Waals surface area (Å²) in [5.74, 6) is 0.189. The Labute approximate surface area is 152 Å². The molecule has 1 aromatic heterocycles. The van der Waals surface area contributed by atoms with Crippen LogP contribution in [0.15, 0.2) is 42.6 Å². The van der Waals surface area contributed by atoms with Crippen molar-refractivity contribution in [3.05, 3.63) is 58.3 Å². The zero-order valence-corrected chi connectivity index (χ0v) is 14.8. The first-order valence-corrected chi connectivity index (χ1v) is 8.77. The lowest BCUT2D eigenvalue weighted by Crippen LogP contribution is -2.48. The zero-order chi connectivity index (χ0) is 16.9. The van der Waals surface area contributed by atoms with Crippen molar-refractivity contribution >= 4 is 34.8 Å². The molecule has 0 unspecified atom stereocenters. The van der Waals surface area contributed by atoms with Crippen molar-refractivity contribution in [2.75, 3.05) is 31.1 Å². The number of aryl methyl sites for hydroxylation is 1. The predicted octanol–water partition coefficient (Wildman–Crippen LogP) is 3.67. The van der Waals surface area contributed by atoms with E-state index in [1.54, 1.807) is 6.20 Å². The van der Waals surface area contributed by atoms with Gasteiger partial charge in [-0.05, 0) is 36.8 Å². The predicted molar refractivity (Wildman–Crippen MR) is 97.8 cm³/mol. The molecule has 4 nitrogen and oxygen atoms in total. The lowest BCUT2D eigenvalue weighted by Gasteiger charge is -2.36. The molecule has 1 saturated heterocycles. The molecule has 0 spiro atoms. The van der Waals surface area contributed by atoms with Gasteiger partial charge in [0.1, 0.15) is 0 Å². The van der Waals surface area contributed by atoms with Crippen LogP contribution in [0.3, 0.4) is 0 Å². The van der Waals surface area contributed by atoms with Crippen LogP contribution < -0.4 is 4.90 Å². The summed E-state index contributed by atoms with van der Waals surface area (Å²) in [6.07, 6.45) is 2.95. The molecule has 0 saturated carbocycles. The van der Waals surface area contributed by atoms with Gasteiger partial charge in [-0.15, -0.1) is 0 Å². The minimum absolute atomic E-state index is 0.189. The fourth-order valence-electron chi connectivity index (χ4n) is 2.83. The second kappa shape index (κ2) is 7.86. The molecule has 0 aliphatic carbocycles. The van der Waals surface area contributed by atoms with E-state index in [0.717, 1.165) is 37.6 Å². The fourth-order valence-corrected chi connectivity index (χ4v) is 3.13. The van der Waals surface area contributed by atoms with E-state index in [2.05, 4.69) is 9.88 Å². The number of benzene rings is 1. The van der Waals surface area contributed by atoms with Crippen molar-refractivity contribution in [3.8, 4) is 0 Å². The molecule has 3 rings (SSSR count). The highest BCUT2D eigenvalue weighted by Gasteiger charge is 2.21. The van der Waals surface area contributed by atoms with E-state index in [1.165, 1.54) is 0 Å². The smallest absolute Gasteiger partial charge is 0.223 e. The third-order valence-corrected chi connectivity index (χ3v) is 4.96. The highest BCUT2D eigenvalue weighted by Crippen LogP contribution is 2.27. The highest BCUT2D eigenvalue weighted by atomic mass is 35.5. The second-order valence-electron chi connectivity index (χ2n) is 5.79. The molecule has 6 heteroatoms. The molecule has 0 atom stereocenters. The summed E-state index contributed by atoms with van der Waals surface area (Å²) in [6, 6.07) is 11.4. The van der Waals surface area contributed by atoms with Gasteiger partial charge >= 0.3 is 0 Å². The molecule has 126 valence electrons. The van der Waals surface area contributed by atoms with Crippen LogP contribution >= 0.6 is 23.2 Å². The highest BCUT2D eigenvalue weighted by molar-refractivity contribution is 6.42. The normalized spacial score (nSPS) is 14.8. The van der Waals surface area contributed by atoms with E-state index >= 15 is 0 Å². The van der Waals surface area contributed by atoms with E-state index in [-0.39, 0.29) is 5.91 Å². The molecule has 0 N–H and O–H groups in total. The summed E-state index contributed by atoms with van der Waals surface area (Å²) in [7, 11) is 0. The van der Waals surface area contributed by atoms with Crippen LogP contribution in [0.1, 0.15) is 12.1 Å². The molecule has 1 amide bonds. The van der Waals surface area contributed by atoms with Crippen molar-refractivity contribution in [2.24, 2.45) is 0 Å². The zero-order valence-electron chi connectivity index (χ0n) is 13.3. The first kappa shape index (κ1) is 17.1. The van der Waals surface area contributed by atoms with Crippen molar-refractivity contribution < 1.29 is 4.79 Å². The third kappa shape index (κ3) is 4.19. The molecular formula is C18H19Cl2N3O. The lowest BCUT2D eigenvalue weighted by molar-refractivity contribution is -0.131. The first-order chi connectivity index (χ1) is 11.6. The Morgan fingerprint density at radius 1 is 1.04 bits per heavy atom. The molecule has 1 aliphatic rings. The number of amides is 1. The number of carbonyl (C=O) groups excluding carboxylic acids is 1. The Kier molecular flexibility index (Phi) is 5.59. The average molecular weight is 364 g/mol. The monoisotopic (exact) mass is 363 g/mol. The third-order valence-electron chi connectivity index (χ3n) is 4.22. The van der Waals surface area contributed by atoms with Gasteiger partial charge in [-0.1, -0.05) is 29.3 Å². The number of anilines is 1. The van der Waals surface area contributed by atoms with Gasteiger partial charge < -0.3 is 9.80 Å². The standard InChI is InChI=1S/C18H19Cl2N3O/c19-16-6-5-15(13-17(16)20)22-9-11-23(12-10-22)18(24)7-4-14-3-1-2-8-21-14/h1-3,5-6,8,13H,4,7,9-12H2. The van der Waals surface area contributed by atoms with Crippen LogP contribution in [0.2, 0.25) is 10.0 Å². The Bertz CT molecular complexity index is 701. The summed E-state index contributed by atoms with van der Waals surface area (Å²) in [4.78, 5) is 20.8. The van der Waals surface area contributed by atoms with Crippen LogP contribution in [0.25, 0.3) is 0 Å². The van der Waals surface area contributed by atoms with Gasteiger partial charge in [0.05, 0.1) is 10.0 Å². The number of halogens is 2. The maximum Gasteiger partial charge on any atom is 0.223 e. The van der Waals surface area contributed by atoms with Gasteiger partial charge in [-0.3, -0.25) is 9.78 Å². The molecule has 0 bridgehead atoms. The van der Waals surface area contributed by atoms with Gasteiger partial charge in [-0.2, -0.15) is 0 Å². The molecule has 0 radical (unpaired) electrons. The van der Waals surface area contributed by atoms with Gasteiger partial charge in [0, 0.05) is 50.2 Å². The van der Waals surface area contributed by atoms with E-state index in [4.69, 9.17) is 23.2 Å². The summed E-state index contributed by atoms with van der Waals surface area (Å²) in [5, 5.41) is 1.12. The van der Waals surface area contributed by atoms with Crippen LogP contribution in [0.4, 0.5) is 5.69 Å². The van der Waals surface area contributed by atoms with Gasteiger partial charge in [0.15, 0.2) is 0 Å². The quantitative estimate of drug-likeness (QED) is 0.831. The van der Waals surface area contributed by atoms with Crippen LogP contribution in [0.5, 0.6) is 0 Å². The number of rotatable bonds is 4. The second-order valence-corrected chi connectivity index (χ2v) is 6.60. The number of nitrogens with zero attached hydrogens (tertiary/aromatic N) is 3. The van der Waals surface area contributed by atoms with Gasteiger partial charge in [0.25, 0.3) is 0 Å². The van der Waals surface area contributed by atoms with Crippen molar-refractivity contribution in [1.82, 2.24) is 9.88 Å². The minimum atomic E-state index is 0.189. The summed E-state index contributed by atoms with van der Waals surface area (Å²) in [6.45, 7) is 3.04. The molecule has 2 aromatic rings. The molecular weight excluding hydrogens is 345 g/mol. The Balaban J connectivity index is 1.51. The number of hydrogen-bond donors (Lipinski definition) is 0. The lowest BCUT2D eigenvalue weighted by atomic mass is 10.2. The molecule has 1 aromatic carbocycles. The van der Waals surface area contributed by atoms with Crippen molar-refractivity contribution in [2.45, 2.75) is 12.8 Å².